The highest BCUT2D eigenvalue weighted by Gasteiger charge is 2.21. The molecule has 0 aromatic heterocycles. The first-order chi connectivity index (χ1) is 8.63. The first-order valence-corrected chi connectivity index (χ1v) is 6.99. The Morgan fingerprint density at radius 2 is 2.28 bits per heavy atom. The summed E-state index contributed by atoms with van der Waals surface area (Å²) in [6.45, 7) is 5.36. The lowest BCUT2D eigenvalue weighted by Gasteiger charge is -2.32. The Morgan fingerprint density at radius 3 is 2.89 bits per heavy atom. The first-order valence-electron chi connectivity index (χ1n) is 6.99. The summed E-state index contributed by atoms with van der Waals surface area (Å²) in [5.74, 6) is 0. The van der Waals surface area contributed by atoms with Crippen molar-refractivity contribution in [2.75, 3.05) is 33.8 Å². The SMILES string of the molecule is CNC(C)(C#N)CCCCN1CCCC(OC)C1. The van der Waals surface area contributed by atoms with Gasteiger partial charge in [-0.1, -0.05) is 0 Å². The van der Waals surface area contributed by atoms with Crippen LogP contribution in [0.2, 0.25) is 0 Å². The lowest BCUT2D eigenvalue weighted by atomic mass is 9.96. The third kappa shape index (κ3) is 4.93. The topological polar surface area (TPSA) is 48.3 Å². The van der Waals surface area contributed by atoms with Crippen molar-refractivity contribution in [3.63, 3.8) is 0 Å². The Morgan fingerprint density at radius 1 is 1.50 bits per heavy atom. The molecule has 2 unspecified atom stereocenters. The Hall–Kier alpha value is -0.630. The zero-order valence-electron chi connectivity index (χ0n) is 12.0. The number of nitrogens with zero attached hydrogens (tertiary/aromatic N) is 2. The summed E-state index contributed by atoms with van der Waals surface area (Å²) in [6, 6.07) is 2.34. The van der Waals surface area contributed by atoms with Gasteiger partial charge in [0.25, 0.3) is 0 Å². The minimum Gasteiger partial charge on any atom is -0.380 e. The molecule has 2 atom stereocenters. The largest absolute Gasteiger partial charge is 0.380 e. The standard InChI is InChI=1S/C14H27N3O/c1-14(12-15,16-2)8-4-5-9-17-10-6-7-13(11-17)18-3/h13,16H,4-11H2,1-3H3. The average molecular weight is 253 g/mol. The zero-order chi connectivity index (χ0) is 13.4. The molecule has 1 saturated heterocycles. The van der Waals surface area contributed by atoms with Crippen LogP contribution < -0.4 is 5.32 Å². The molecule has 1 heterocycles. The molecule has 0 aromatic rings. The van der Waals surface area contributed by atoms with Crippen LogP contribution in [0.3, 0.4) is 0 Å². The molecular weight excluding hydrogens is 226 g/mol. The van der Waals surface area contributed by atoms with E-state index in [2.05, 4.69) is 16.3 Å². The lowest BCUT2D eigenvalue weighted by Crippen LogP contribution is -2.40. The minimum atomic E-state index is -0.364. The highest BCUT2D eigenvalue weighted by molar-refractivity contribution is 5.02. The Bertz CT molecular complexity index is 277. The van der Waals surface area contributed by atoms with Gasteiger partial charge in [0.15, 0.2) is 0 Å². The summed E-state index contributed by atoms with van der Waals surface area (Å²) in [5.41, 5.74) is -0.364. The van der Waals surface area contributed by atoms with Gasteiger partial charge in [0, 0.05) is 13.7 Å². The van der Waals surface area contributed by atoms with Crippen LogP contribution in [0.25, 0.3) is 0 Å². The van der Waals surface area contributed by atoms with Gasteiger partial charge in [-0.3, -0.25) is 0 Å². The van der Waals surface area contributed by atoms with E-state index in [4.69, 9.17) is 10.00 Å². The van der Waals surface area contributed by atoms with E-state index >= 15 is 0 Å². The summed E-state index contributed by atoms with van der Waals surface area (Å²) in [5, 5.41) is 12.1. The maximum absolute atomic E-state index is 9.06. The maximum atomic E-state index is 9.06. The number of hydrogen-bond acceptors (Lipinski definition) is 4. The Kier molecular flexibility index (Phi) is 6.62. The van der Waals surface area contributed by atoms with Crippen LogP contribution >= 0.6 is 0 Å². The number of methoxy groups -OCH3 is 1. The molecule has 0 saturated carbocycles. The monoisotopic (exact) mass is 253 g/mol. The van der Waals surface area contributed by atoms with Crippen molar-refractivity contribution < 1.29 is 4.74 Å². The molecule has 0 spiro atoms. The highest BCUT2D eigenvalue weighted by atomic mass is 16.5. The quantitative estimate of drug-likeness (QED) is 0.703. The fourth-order valence-corrected chi connectivity index (χ4v) is 2.46. The second-order valence-electron chi connectivity index (χ2n) is 5.45. The normalized spacial score (nSPS) is 24.4. The van der Waals surface area contributed by atoms with Crippen LogP contribution in [-0.2, 0) is 4.74 Å². The van der Waals surface area contributed by atoms with E-state index in [9.17, 15) is 0 Å². The molecule has 1 aliphatic heterocycles. The molecule has 1 aliphatic rings. The number of hydrogen-bond donors (Lipinski definition) is 1. The van der Waals surface area contributed by atoms with Crippen molar-refractivity contribution >= 4 is 0 Å². The van der Waals surface area contributed by atoms with E-state index in [1.807, 2.05) is 14.0 Å². The van der Waals surface area contributed by atoms with Crippen molar-refractivity contribution in [1.82, 2.24) is 10.2 Å². The number of nitrogens with one attached hydrogen (secondary N) is 1. The van der Waals surface area contributed by atoms with Gasteiger partial charge in [-0.25, -0.2) is 0 Å². The number of nitriles is 1. The molecule has 0 radical (unpaired) electrons. The van der Waals surface area contributed by atoms with E-state index < -0.39 is 0 Å². The van der Waals surface area contributed by atoms with Crippen molar-refractivity contribution in [1.29, 1.82) is 5.26 Å². The molecule has 4 nitrogen and oxygen atoms in total. The third-order valence-corrected chi connectivity index (χ3v) is 4.00. The molecule has 0 amide bonds. The zero-order valence-corrected chi connectivity index (χ0v) is 12.0. The van der Waals surface area contributed by atoms with E-state index in [1.165, 1.54) is 19.4 Å². The van der Waals surface area contributed by atoms with Crippen LogP contribution in [0.5, 0.6) is 0 Å². The summed E-state index contributed by atoms with van der Waals surface area (Å²) in [4.78, 5) is 2.49. The molecule has 18 heavy (non-hydrogen) atoms. The van der Waals surface area contributed by atoms with E-state index in [1.54, 1.807) is 7.11 Å². The highest BCUT2D eigenvalue weighted by Crippen LogP contribution is 2.15. The second kappa shape index (κ2) is 7.73. The molecule has 4 heteroatoms. The summed E-state index contributed by atoms with van der Waals surface area (Å²) >= 11 is 0. The summed E-state index contributed by atoms with van der Waals surface area (Å²) in [6.07, 6.45) is 6.03. The molecule has 0 aromatic carbocycles. The molecular formula is C14H27N3O. The lowest BCUT2D eigenvalue weighted by molar-refractivity contribution is 0.0308. The van der Waals surface area contributed by atoms with Crippen molar-refractivity contribution in [3.8, 4) is 6.07 Å². The van der Waals surface area contributed by atoms with Crippen LogP contribution in [0.1, 0.15) is 39.0 Å². The van der Waals surface area contributed by atoms with Crippen LogP contribution in [-0.4, -0.2) is 50.3 Å². The molecule has 1 rings (SSSR count). The van der Waals surface area contributed by atoms with Gasteiger partial charge in [0.05, 0.1) is 12.2 Å². The van der Waals surface area contributed by atoms with Gasteiger partial charge >= 0.3 is 0 Å². The van der Waals surface area contributed by atoms with Crippen LogP contribution in [0.15, 0.2) is 0 Å². The Labute approximate surface area is 111 Å². The van der Waals surface area contributed by atoms with E-state index in [0.29, 0.717) is 6.10 Å². The third-order valence-electron chi connectivity index (χ3n) is 4.00. The van der Waals surface area contributed by atoms with Gasteiger partial charge < -0.3 is 15.0 Å². The number of ether oxygens (including phenoxy) is 1. The van der Waals surface area contributed by atoms with Crippen molar-refractivity contribution in [3.05, 3.63) is 0 Å². The van der Waals surface area contributed by atoms with E-state index in [0.717, 1.165) is 32.4 Å². The predicted octanol–water partition coefficient (Wildman–Crippen LogP) is 1.77. The van der Waals surface area contributed by atoms with Gasteiger partial charge in [-0.05, 0) is 59.2 Å². The van der Waals surface area contributed by atoms with Gasteiger partial charge in [0.1, 0.15) is 5.54 Å². The number of piperidine rings is 1. The fourth-order valence-electron chi connectivity index (χ4n) is 2.46. The number of unbranched alkanes of at least 4 members (excludes halogenated alkanes) is 1. The van der Waals surface area contributed by atoms with E-state index in [-0.39, 0.29) is 5.54 Å². The van der Waals surface area contributed by atoms with Gasteiger partial charge in [0.2, 0.25) is 0 Å². The predicted molar refractivity (Wildman–Crippen MR) is 73.4 cm³/mol. The number of rotatable bonds is 7. The molecule has 1 fully saturated rings. The van der Waals surface area contributed by atoms with Crippen LogP contribution in [0.4, 0.5) is 0 Å². The molecule has 0 bridgehead atoms. The van der Waals surface area contributed by atoms with Crippen molar-refractivity contribution in [2.45, 2.75) is 50.7 Å². The minimum absolute atomic E-state index is 0.364. The second-order valence-corrected chi connectivity index (χ2v) is 5.45. The molecule has 1 N–H and O–H groups in total. The van der Waals surface area contributed by atoms with Gasteiger partial charge in [-0.2, -0.15) is 5.26 Å². The maximum Gasteiger partial charge on any atom is 0.103 e. The Balaban J connectivity index is 2.16. The fraction of sp³-hybridized carbons (Fsp3) is 0.929. The smallest absolute Gasteiger partial charge is 0.103 e. The summed E-state index contributed by atoms with van der Waals surface area (Å²) < 4.78 is 5.42. The summed E-state index contributed by atoms with van der Waals surface area (Å²) in [7, 11) is 3.66. The first kappa shape index (κ1) is 15.4. The van der Waals surface area contributed by atoms with Crippen molar-refractivity contribution in [2.24, 2.45) is 0 Å². The molecule has 104 valence electrons. The van der Waals surface area contributed by atoms with Crippen LogP contribution in [0, 0.1) is 11.3 Å². The molecule has 0 aliphatic carbocycles. The number of likely N-dealkylation sites (tertiary alicyclic amines) is 1. The average Bonchev–Trinajstić information content (AvgIpc) is 2.43. The van der Waals surface area contributed by atoms with Gasteiger partial charge in [-0.15, -0.1) is 0 Å².